The third-order valence-corrected chi connectivity index (χ3v) is 2.97. The van der Waals surface area contributed by atoms with Crippen molar-refractivity contribution in [2.24, 2.45) is 7.05 Å². The first kappa shape index (κ1) is 13.7. The summed E-state index contributed by atoms with van der Waals surface area (Å²) in [6.45, 7) is 3.02. The molecule has 0 bridgehead atoms. The second kappa shape index (κ2) is 6.42. The van der Waals surface area contributed by atoms with Crippen molar-refractivity contribution in [1.29, 1.82) is 0 Å². The number of hydrogen-bond acceptors (Lipinski definition) is 6. The van der Waals surface area contributed by atoms with Gasteiger partial charge in [-0.1, -0.05) is 18.7 Å². The van der Waals surface area contributed by atoms with Crippen LogP contribution in [-0.4, -0.2) is 32.5 Å². The first-order chi connectivity index (χ1) is 9.21. The standard InChI is InChI=1S/C12H18N6S/c1-4-5-13-10-6-11(17-12(16-10)19-3)15-9-7-14-18(2)8-9/h6-8H,4-5H2,1-3H3,(H2,13,15,16,17). The molecule has 2 rings (SSSR count). The van der Waals surface area contributed by atoms with Gasteiger partial charge < -0.3 is 10.6 Å². The van der Waals surface area contributed by atoms with Crippen LogP contribution in [0, 0.1) is 0 Å². The molecule has 0 aliphatic carbocycles. The van der Waals surface area contributed by atoms with Gasteiger partial charge in [0.05, 0.1) is 11.9 Å². The minimum Gasteiger partial charge on any atom is -0.370 e. The summed E-state index contributed by atoms with van der Waals surface area (Å²) < 4.78 is 1.75. The van der Waals surface area contributed by atoms with Crippen LogP contribution in [0.4, 0.5) is 17.3 Å². The Morgan fingerprint density at radius 1 is 1.32 bits per heavy atom. The van der Waals surface area contributed by atoms with Gasteiger partial charge >= 0.3 is 0 Å². The van der Waals surface area contributed by atoms with E-state index in [1.165, 1.54) is 11.8 Å². The van der Waals surface area contributed by atoms with Crippen molar-refractivity contribution < 1.29 is 0 Å². The van der Waals surface area contributed by atoms with Crippen LogP contribution in [0.3, 0.4) is 0 Å². The number of hydrogen-bond donors (Lipinski definition) is 2. The van der Waals surface area contributed by atoms with Gasteiger partial charge in [0.1, 0.15) is 11.6 Å². The van der Waals surface area contributed by atoms with Crippen LogP contribution in [0.5, 0.6) is 0 Å². The number of nitrogens with one attached hydrogen (secondary N) is 2. The van der Waals surface area contributed by atoms with E-state index in [0.717, 1.165) is 35.4 Å². The van der Waals surface area contributed by atoms with Crippen LogP contribution in [0.1, 0.15) is 13.3 Å². The monoisotopic (exact) mass is 278 g/mol. The highest BCUT2D eigenvalue weighted by molar-refractivity contribution is 7.98. The highest BCUT2D eigenvalue weighted by Gasteiger charge is 2.05. The number of anilines is 3. The van der Waals surface area contributed by atoms with Crippen molar-refractivity contribution in [2.45, 2.75) is 18.5 Å². The molecule has 0 saturated carbocycles. The molecule has 0 fully saturated rings. The van der Waals surface area contributed by atoms with Gasteiger partial charge in [-0.3, -0.25) is 4.68 Å². The van der Waals surface area contributed by atoms with Gasteiger partial charge in [0.25, 0.3) is 0 Å². The van der Waals surface area contributed by atoms with Crippen molar-refractivity contribution in [3.05, 3.63) is 18.5 Å². The smallest absolute Gasteiger partial charge is 0.191 e. The van der Waals surface area contributed by atoms with Crippen molar-refractivity contribution in [3.63, 3.8) is 0 Å². The molecule has 2 heterocycles. The largest absolute Gasteiger partial charge is 0.370 e. The Hall–Kier alpha value is -1.76. The summed E-state index contributed by atoms with van der Waals surface area (Å²) in [4.78, 5) is 8.84. The average Bonchev–Trinajstić information content (AvgIpc) is 2.81. The number of nitrogens with zero attached hydrogens (tertiary/aromatic N) is 4. The van der Waals surface area contributed by atoms with E-state index in [2.05, 4.69) is 32.6 Å². The van der Waals surface area contributed by atoms with E-state index in [-0.39, 0.29) is 0 Å². The van der Waals surface area contributed by atoms with Crippen molar-refractivity contribution in [1.82, 2.24) is 19.7 Å². The number of thioether (sulfide) groups is 1. The maximum atomic E-state index is 4.43. The number of aryl methyl sites for hydroxylation is 1. The Kier molecular flexibility index (Phi) is 4.62. The molecule has 0 aliphatic heterocycles. The molecule has 2 aromatic heterocycles. The lowest BCUT2D eigenvalue weighted by atomic mass is 10.4. The molecule has 102 valence electrons. The normalized spacial score (nSPS) is 10.5. The van der Waals surface area contributed by atoms with E-state index >= 15 is 0 Å². The fourth-order valence-corrected chi connectivity index (χ4v) is 1.94. The van der Waals surface area contributed by atoms with Crippen LogP contribution < -0.4 is 10.6 Å². The van der Waals surface area contributed by atoms with Gasteiger partial charge in [0.15, 0.2) is 5.16 Å². The Labute approximate surface area is 117 Å². The van der Waals surface area contributed by atoms with Crippen LogP contribution in [0.15, 0.2) is 23.6 Å². The van der Waals surface area contributed by atoms with Crippen LogP contribution in [-0.2, 0) is 7.05 Å². The van der Waals surface area contributed by atoms with Gasteiger partial charge in [-0.15, -0.1) is 0 Å². The summed E-state index contributed by atoms with van der Waals surface area (Å²) in [6.07, 6.45) is 6.69. The quantitative estimate of drug-likeness (QED) is 0.625. The summed E-state index contributed by atoms with van der Waals surface area (Å²) in [6, 6.07) is 1.91. The molecule has 19 heavy (non-hydrogen) atoms. The zero-order chi connectivity index (χ0) is 13.7. The van der Waals surface area contributed by atoms with E-state index in [1.807, 2.05) is 25.6 Å². The lowest BCUT2D eigenvalue weighted by Gasteiger charge is -2.09. The molecule has 0 atom stereocenters. The average molecular weight is 278 g/mol. The molecule has 2 aromatic rings. The molecule has 0 unspecified atom stereocenters. The Morgan fingerprint density at radius 2 is 2.11 bits per heavy atom. The molecule has 6 nitrogen and oxygen atoms in total. The first-order valence-corrected chi connectivity index (χ1v) is 7.36. The summed E-state index contributed by atoms with van der Waals surface area (Å²) in [5.74, 6) is 1.61. The fraction of sp³-hybridized carbons (Fsp3) is 0.417. The molecule has 2 N–H and O–H groups in total. The van der Waals surface area contributed by atoms with Crippen molar-refractivity contribution in [3.8, 4) is 0 Å². The third-order valence-electron chi connectivity index (χ3n) is 2.42. The SMILES string of the molecule is CCCNc1cc(Nc2cnn(C)c2)nc(SC)n1. The maximum Gasteiger partial charge on any atom is 0.191 e. The second-order valence-corrected chi connectivity index (χ2v) is 4.85. The van der Waals surface area contributed by atoms with Crippen LogP contribution in [0.2, 0.25) is 0 Å². The van der Waals surface area contributed by atoms with E-state index < -0.39 is 0 Å². The molecule has 0 spiro atoms. The highest BCUT2D eigenvalue weighted by Crippen LogP contribution is 2.20. The van der Waals surface area contributed by atoms with Gasteiger partial charge in [0.2, 0.25) is 0 Å². The summed E-state index contributed by atoms with van der Waals surface area (Å²) >= 11 is 1.52. The van der Waals surface area contributed by atoms with Crippen LogP contribution >= 0.6 is 11.8 Å². The molecular weight excluding hydrogens is 260 g/mol. The Morgan fingerprint density at radius 3 is 2.74 bits per heavy atom. The second-order valence-electron chi connectivity index (χ2n) is 4.08. The Bertz CT molecular complexity index is 539. The zero-order valence-corrected chi connectivity index (χ0v) is 12.2. The minimum absolute atomic E-state index is 0.743. The van der Waals surface area contributed by atoms with E-state index in [9.17, 15) is 0 Å². The molecule has 7 heteroatoms. The predicted molar refractivity (Wildman–Crippen MR) is 79.1 cm³/mol. The van der Waals surface area contributed by atoms with Crippen LogP contribution in [0.25, 0.3) is 0 Å². The van der Waals surface area contributed by atoms with Gasteiger partial charge in [-0.2, -0.15) is 5.10 Å². The number of rotatable bonds is 6. The predicted octanol–water partition coefficient (Wildman–Crippen LogP) is 2.50. The van der Waals surface area contributed by atoms with Gasteiger partial charge in [-0.25, -0.2) is 9.97 Å². The molecule has 0 radical (unpaired) electrons. The summed E-state index contributed by atoms with van der Waals surface area (Å²) in [7, 11) is 1.88. The zero-order valence-electron chi connectivity index (χ0n) is 11.3. The highest BCUT2D eigenvalue weighted by atomic mass is 32.2. The molecule has 0 aromatic carbocycles. The first-order valence-electron chi connectivity index (χ1n) is 6.14. The lowest BCUT2D eigenvalue weighted by Crippen LogP contribution is -2.05. The maximum absolute atomic E-state index is 4.43. The topological polar surface area (TPSA) is 67.7 Å². The Balaban J connectivity index is 2.18. The van der Waals surface area contributed by atoms with Gasteiger partial charge in [-0.05, 0) is 12.7 Å². The summed E-state index contributed by atoms with van der Waals surface area (Å²) in [5, 5.41) is 11.4. The molecular formula is C12H18N6S. The lowest BCUT2D eigenvalue weighted by molar-refractivity contribution is 0.768. The van der Waals surface area contributed by atoms with E-state index in [4.69, 9.17) is 0 Å². The number of aromatic nitrogens is 4. The molecule has 0 amide bonds. The molecule has 0 saturated heterocycles. The molecule has 0 aliphatic rings. The summed E-state index contributed by atoms with van der Waals surface area (Å²) in [5.41, 5.74) is 0.912. The van der Waals surface area contributed by atoms with Gasteiger partial charge in [0, 0.05) is 25.9 Å². The van der Waals surface area contributed by atoms with E-state index in [1.54, 1.807) is 10.9 Å². The van der Waals surface area contributed by atoms with Crippen molar-refractivity contribution >= 4 is 29.1 Å². The van der Waals surface area contributed by atoms with Crippen molar-refractivity contribution in [2.75, 3.05) is 23.4 Å². The fourth-order valence-electron chi connectivity index (χ4n) is 1.56. The third kappa shape index (κ3) is 3.85. The van der Waals surface area contributed by atoms with E-state index in [0.29, 0.717) is 0 Å². The minimum atomic E-state index is 0.743.